The van der Waals surface area contributed by atoms with Crippen LogP contribution < -0.4 is 5.32 Å². The van der Waals surface area contributed by atoms with Crippen LogP contribution in [-0.2, 0) is 0 Å². The molecule has 2 heterocycles. The van der Waals surface area contributed by atoms with Crippen LogP contribution >= 0.6 is 0 Å². The highest BCUT2D eigenvalue weighted by Gasteiger charge is 2.51. The Balaban J connectivity index is 1.81. The van der Waals surface area contributed by atoms with Gasteiger partial charge in [0.25, 0.3) is 0 Å². The Bertz CT molecular complexity index is 279. The highest BCUT2D eigenvalue weighted by Crippen LogP contribution is 2.38. The lowest BCUT2D eigenvalue weighted by Crippen LogP contribution is -2.52. The second-order valence-corrected chi connectivity index (χ2v) is 4.95. The number of fused-ring (bicyclic) bond motifs is 1. The Morgan fingerprint density at radius 3 is 2.86 bits per heavy atom. The number of hydrogen-bond acceptors (Lipinski definition) is 3. The van der Waals surface area contributed by atoms with E-state index in [1.165, 1.54) is 32.2 Å². The molecule has 0 aromatic heterocycles. The van der Waals surface area contributed by atoms with E-state index in [9.17, 15) is 5.26 Å². The first kappa shape index (κ1) is 8.70. The van der Waals surface area contributed by atoms with Crippen molar-refractivity contribution in [2.75, 3.05) is 13.1 Å². The zero-order valence-electron chi connectivity index (χ0n) is 8.50. The molecule has 2 aliphatic heterocycles. The van der Waals surface area contributed by atoms with E-state index in [0.29, 0.717) is 12.1 Å². The molecule has 0 spiro atoms. The Morgan fingerprint density at radius 2 is 2.14 bits per heavy atom. The van der Waals surface area contributed by atoms with Crippen molar-refractivity contribution in [2.24, 2.45) is 0 Å². The van der Waals surface area contributed by atoms with Gasteiger partial charge < -0.3 is 0 Å². The molecule has 0 aromatic carbocycles. The fourth-order valence-electron chi connectivity index (χ4n) is 3.06. The number of hydrogen-bond donors (Lipinski definition) is 1. The molecule has 3 nitrogen and oxygen atoms in total. The molecule has 14 heavy (non-hydrogen) atoms. The van der Waals surface area contributed by atoms with Gasteiger partial charge in [-0.3, -0.25) is 10.2 Å². The molecule has 2 unspecified atom stereocenters. The normalized spacial score (nSPS) is 42.4. The molecular weight excluding hydrogens is 174 g/mol. The van der Waals surface area contributed by atoms with Crippen LogP contribution in [0.4, 0.5) is 0 Å². The smallest absolute Gasteiger partial charge is 0.123 e. The van der Waals surface area contributed by atoms with E-state index >= 15 is 0 Å². The van der Waals surface area contributed by atoms with E-state index < -0.39 is 0 Å². The Labute approximate surface area is 85.1 Å². The molecule has 1 aliphatic carbocycles. The highest BCUT2D eigenvalue weighted by atomic mass is 15.3. The summed E-state index contributed by atoms with van der Waals surface area (Å²) in [7, 11) is 0. The van der Waals surface area contributed by atoms with Crippen molar-refractivity contribution in [3.63, 3.8) is 0 Å². The molecule has 3 aliphatic rings. The van der Waals surface area contributed by atoms with Gasteiger partial charge in [0, 0.05) is 18.6 Å². The van der Waals surface area contributed by atoms with Gasteiger partial charge in [-0.15, -0.1) is 0 Å². The minimum atomic E-state index is -0.197. The van der Waals surface area contributed by atoms with E-state index in [1.54, 1.807) is 0 Å². The third kappa shape index (κ3) is 1.18. The van der Waals surface area contributed by atoms with E-state index in [1.807, 2.05) is 0 Å². The summed E-state index contributed by atoms with van der Waals surface area (Å²) in [5.41, 5.74) is -0.197. The molecule has 0 radical (unpaired) electrons. The van der Waals surface area contributed by atoms with E-state index in [4.69, 9.17) is 0 Å². The standard InChI is InChI=1S/C11H17N3/c12-8-11(13-9-3-4-9)5-7-14-6-1-2-10(11)14/h9-10,13H,1-7H2. The minimum Gasteiger partial charge on any atom is -0.297 e. The number of rotatable bonds is 2. The van der Waals surface area contributed by atoms with Crippen molar-refractivity contribution < 1.29 is 0 Å². The third-order valence-corrected chi connectivity index (χ3v) is 3.96. The molecule has 2 saturated heterocycles. The Hall–Kier alpha value is -0.590. The predicted molar refractivity (Wildman–Crippen MR) is 53.7 cm³/mol. The molecule has 3 rings (SSSR count). The predicted octanol–water partition coefficient (Wildman–Crippen LogP) is 0.869. The van der Waals surface area contributed by atoms with E-state index in [2.05, 4.69) is 16.3 Å². The number of nitrogens with zero attached hydrogens (tertiary/aromatic N) is 2. The SMILES string of the molecule is N#CC1(NC2CC2)CCN2CCCC21. The van der Waals surface area contributed by atoms with E-state index in [-0.39, 0.29) is 5.54 Å². The number of nitrogens with one attached hydrogen (secondary N) is 1. The van der Waals surface area contributed by atoms with E-state index in [0.717, 1.165) is 13.0 Å². The van der Waals surface area contributed by atoms with Gasteiger partial charge in [0.1, 0.15) is 5.54 Å². The summed E-state index contributed by atoms with van der Waals surface area (Å²) in [4.78, 5) is 2.50. The fourth-order valence-corrected chi connectivity index (χ4v) is 3.06. The van der Waals surface area contributed by atoms with Gasteiger partial charge in [-0.25, -0.2) is 0 Å². The summed E-state index contributed by atoms with van der Waals surface area (Å²) < 4.78 is 0. The largest absolute Gasteiger partial charge is 0.297 e. The van der Waals surface area contributed by atoms with Crippen molar-refractivity contribution in [3.05, 3.63) is 0 Å². The maximum Gasteiger partial charge on any atom is 0.123 e. The summed E-state index contributed by atoms with van der Waals surface area (Å²) in [5, 5.41) is 13.0. The average Bonchev–Trinajstić information content (AvgIpc) is 2.77. The summed E-state index contributed by atoms with van der Waals surface area (Å²) >= 11 is 0. The quantitative estimate of drug-likeness (QED) is 0.704. The lowest BCUT2D eigenvalue weighted by Gasteiger charge is -2.29. The molecule has 0 bridgehead atoms. The second-order valence-electron chi connectivity index (χ2n) is 4.95. The van der Waals surface area contributed by atoms with Crippen molar-refractivity contribution in [1.29, 1.82) is 5.26 Å². The average molecular weight is 191 g/mol. The molecule has 1 N–H and O–H groups in total. The van der Waals surface area contributed by atoms with Crippen molar-refractivity contribution in [2.45, 2.75) is 49.7 Å². The van der Waals surface area contributed by atoms with Crippen LogP contribution in [-0.4, -0.2) is 35.6 Å². The maximum absolute atomic E-state index is 9.40. The maximum atomic E-state index is 9.40. The van der Waals surface area contributed by atoms with Gasteiger partial charge in [0.05, 0.1) is 6.07 Å². The van der Waals surface area contributed by atoms with Crippen LogP contribution in [0, 0.1) is 11.3 Å². The Kier molecular flexibility index (Phi) is 1.83. The summed E-state index contributed by atoms with van der Waals surface area (Å²) in [5.74, 6) is 0. The van der Waals surface area contributed by atoms with Crippen LogP contribution in [0.1, 0.15) is 32.1 Å². The monoisotopic (exact) mass is 191 g/mol. The lowest BCUT2D eigenvalue weighted by atomic mass is 9.90. The van der Waals surface area contributed by atoms with Gasteiger partial charge >= 0.3 is 0 Å². The van der Waals surface area contributed by atoms with Crippen LogP contribution in [0.15, 0.2) is 0 Å². The molecule has 2 atom stereocenters. The minimum absolute atomic E-state index is 0.197. The first-order chi connectivity index (χ1) is 6.84. The van der Waals surface area contributed by atoms with Gasteiger partial charge in [0.2, 0.25) is 0 Å². The Morgan fingerprint density at radius 1 is 1.29 bits per heavy atom. The van der Waals surface area contributed by atoms with Crippen LogP contribution in [0.2, 0.25) is 0 Å². The van der Waals surface area contributed by atoms with Crippen LogP contribution in [0.3, 0.4) is 0 Å². The highest BCUT2D eigenvalue weighted by molar-refractivity contribution is 5.21. The lowest BCUT2D eigenvalue weighted by molar-refractivity contribution is 0.265. The summed E-state index contributed by atoms with van der Waals surface area (Å²) in [6.45, 7) is 2.33. The van der Waals surface area contributed by atoms with Crippen molar-refractivity contribution in [1.82, 2.24) is 10.2 Å². The number of nitriles is 1. The first-order valence-electron chi connectivity index (χ1n) is 5.77. The molecule has 3 heteroatoms. The third-order valence-electron chi connectivity index (χ3n) is 3.96. The van der Waals surface area contributed by atoms with Crippen molar-refractivity contribution in [3.8, 4) is 6.07 Å². The molecule has 1 saturated carbocycles. The van der Waals surface area contributed by atoms with Gasteiger partial charge in [0.15, 0.2) is 0 Å². The molecule has 0 amide bonds. The van der Waals surface area contributed by atoms with Crippen LogP contribution in [0.25, 0.3) is 0 Å². The van der Waals surface area contributed by atoms with Crippen LogP contribution in [0.5, 0.6) is 0 Å². The second kappa shape index (κ2) is 2.95. The van der Waals surface area contributed by atoms with Gasteiger partial charge in [-0.05, 0) is 38.6 Å². The van der Waals surface area contributed by atoms with Gasteiger partial charge in [-0.2, -0.15) is 5.26 Å². The molecule has 3 fully saturated rings. The first-order valence-corrected chi connectivity index (χ1v) is 5.77. The zero-order valence-corrected chi connectivity index (χ0v) is 8.50. The molecular formula is C11H17N3. The van der Waals surface area contributed by atoms with Gasteiger partial charge in [-0.1, -0.05) is 0 Å². The van der Waals surface area contributed by atoms with Crippen molar-refractivity contribution >= 4 is 0 Å². The fraction of sp³-hybridized carbons (Fsp3) is 0.909. The topological polar surface area (TPSA) is 39.1 Å². The molecule has 76 valence electrons. The summed E-state index contributed by atoms with van der Waals surface area (Å²) in [6.07, 6.45) is 6.07. The summed E-state index contributed by atoms with van der Waals surface area (Å²) in [6, 6.07) is 3.72. The molecule has 0 aromatic rings. The zero-order chi connectivity index (χ0) is 9.60.